The summed E-state index contributed by atoms with van der Waals surface area (Å²) in [4.78, 5) is 13.2. The molecule has 0 aromatic carbocycles. The summed E-state index contributed by atoms with van der Waals surface area (Å²) in [6, 6.07) is -0.998. The van der Waals surface area contributed by atoms with Gasteiger partial charge in [-0.15, -0.1) is 0 Å². The van der Waals surface area contributed by atoms with Crippen LogP contribution in [0.25, 0.3) is 0 Å². The molecule has 0 aliphatic carbocycles. The first-order chi connectivity index (χ1) is 38.3. The molecule has 19 heteroatoms. The second-order valence-electron chi connectivity index (χ2n) is 20.4. The number of hydrogen-bond donors (Lipinski definition) is 12. The van der Waals surface area contributed by atoms with Crippen molar-refractivity contribution in [3.8, 4) is 0 Å². The van der Waals surface area contributed by atoms with Crippen LogP contribution < -0.4 is 5.32 Å². The first-order valence-electron chi connectivity index (χ1n) is 29.0. The van der Waals surface area contributed by atoms with Gasteiger partial charge in [0.25, 0.3) is 0 Å². The van der Waals surface area contributed by atoms with Crippen molar-refractivity contribution in [3.05, 3.63) is 97.2 Å². The summed E-state index contributed by atoms with van der Waals surface area (Å²) in [5.74, 6) is -0.306. The molecule has 3 aliphatic heterocycles. The largest absolute Gasteiger partial charge is 0.394 e. The molecule has 0 aromatic heterocycles. The number of hydrogen-bond acceptors (Lipinski definition) is 18. The molecule has 0 bridgehead atoms. The maximum Gasteiger partial charge on any atom is 0.220 e. The van der Waals surface area contributed by atoms with Gasteiger partial charge in [-0.1, -0.05) is 156 Å². The minimum absolute atomic E-state index is 0.218. The highest BCUT2D eigenvalue weighted by Crippen LogP contribution is 2.33. The van der Waals surface area contributed by atoms with Gasteiger partial charge in [0.1, 0.15) is 73.2 Å². The van der Waals surface area contributed by atoms with Crippen molar-refractivity contribution in [2.24, 2.45) is 0 Å². The molecule has 0 radical (unpaired) electrons. The summed E-state index contributed by atoms with van der Waals surface area (Å²) in [7, 11) is 0. The zero-order chi connectivity index (χ0) is 57.6. The number of unbranched alkanes of at least 4 members (excludes halogenated alkanes) is 10. The molecule has 3 heterocycles. The van der Waals surface area contributed by atoms with Crippen LogP contribution in [0.5, 0.6) is 0 Å². The molecule has 17 unspecified atom stereocenters. The lowest BCUT2D eigenvalue weighted by Gasteiger charge is -2.48. The van der Waals surface area contributed by atoms with E-state index in [1.54, 1.807) is 12.2 Å². The van der Waals surface area contributed by atoms with Crippen molar-refractivity contribution in [1.82, 2.24) is 5.32 Å². The van der Waals surface area contributed by atoms with Crippen molar-refractivity contribution in [3.63, 3.8) is 0 Å². The van der Waals surface area contributed by atoms with Crippen molar-refractivity contribution < 1.29 is 89.4 Å². The van der Waals surface area contributed by atoms with E-state index in [1.807, 2.05) is 0 Å². The SMILES string of the molecule is CC/C=C\C/C=C\C/C=C\C/C=C\C/C=C\C/C=C\CCCCCCCCCCC(=O)NC(COC1OC(CO)C(OC2OC(CO)C(OC3OC(CO)C(O)C(O)C3O)C(O)C2O)C(O)C1O)C(O)/C=C/CC/C=C/CCC. The molecule has 19 nitrogen and oxygen atoms in total. The van der Waals surface area contributed by atoms with E-state index in [9.17, 15) is 61.0 Å². The van der Waals surface area contributed by atoms with Crippen molar-refractivity contribution in [2.75, 3.05) is 26.4 Å². The summed E-state index contributed by atoms with van der Waals surface area (Å²) < 4.78 is 34.1. The van der Waals surface area contributed by atoms with E-state index < -0.39 is 124 Å². The normalized spacial score (nSPS) is 31.0. The Kier molecular flexibility index (Phi) is 37.7. The van der Waals surface area contributed by atoms with Crippen molar-refractivity contribution in [1.29, 1.82) is 0 Å². The quantitative estimate of drug-likeness (QED) is 0.0295. The van der Waals surface area contributed by atoms with Gasteiger partial charge in [0.05, 0.1) is 38.6 Å². The van der Waals surface area contributed by atoms with Crippen LogP contribution in [0.3, 0.4) is 0 Å². The van der Waals surface area contributed by atoms with Gasteiger partial charge >= 0.3 is 0 Å². The highest BCUT2D eigenvalue weighted by molar-refractivity contribution is 5.76. The fraction of sp³-hybridized carbons (Fsp3) is 0.717. The number of aliphatic hydroxyl groups is 11. The summed E-state index contributed by atoms with van der Waals surface area (Å²) >= 11 is 0. The third kappa shape index (κ3) is 26.7. The number of carbonyl (C=O) groups excluding carboxylic acids is 1. The summed E-state index contributed by atoms with van der Waals surface area (Å²) in [6.45, 7) is 1.42. The second kappa shape index (κ2) is 42.5. The van der Waals surface area contributed by atoms with Gasteiger partial charge in [-0.3, -0.25) is 4.79 Å². The molecule has 79 heavy (non-hydrogen) atoms. The lowest BCUT2D eigenvalue weighted by atomic mass is 9.96. The number of allylic oxidation sites excluding steroid dienone is 15. The molecule has 12 N–H and O–H groups in total. The van der Waals surface area contributed by atoms with E-state index in [2.05, 4.69) is 104 Å². The molecule has 0 spiro atoms. The fourth-order valence-electron chi connectivity index (χ4n) is 9.10. The fourth-order valence-corrected chi connectivity index (χ4v) is 9.10. The van der Waals surface area contributed by atoms with Crippen LogP contribution in [0.4, 0.5) is 0 Å². The molecular formula is C60H99NO18. The third-order valence-corrected chi connectivity index (χ3v) is 13.8. The Morgan fingerprint density at radius 2 is 0.886 bits per heavy atom. The van der Waals surface area contributed by atoms with Gasteiger partial charge in [-0.25, -0.2) is 0 Å². The predicted octanol–water partition coefficient (Wildman–Crippen LogP) is 4.59. The smallest absolute Gasteiger partial charge is 0.220 e. The van der Waals surface area contributed by atoms with Crippen LogP contribution in [0.2, 0.25) is 0 Å². The maximum atomic E-state index is 13.2. The molecule has 3 saturated heterocycles. The Morgan fingerprint density at radius 1 is 0.468 bits per heavy atom. The zero-order valence-corrected chi connectivity index (χ0v) is 46.8. The first-order valence-corrected chi connectivity index (χ1v) is 29.0. The second-order valence-corrected chi connectivity index (χ2v) is 20.4. The Labute approximate surface area is 469 Å². The standard InChI is InChI=1S/C60H99NO18/c1-3-5-7-9-11-12-13-14-15-16-17-18-19-20-21-22-23-24-25-26-27-28-29-30-32-34-36-38-48(66)61-43(44(65)37-35-33-31-10-8-6-4-2)42-74-58-54(72)51(69)56(46(40-63)76-58)79-60-55(73)52(70)57(47(41-64)77-60)78-59-53(71)50(68)49(67)45(39-62)75-59/h5,7-8,10-12,14-15,17-18,20-21,23-24,35,37,43-47,49-60,62-65,67-73H,3-4,6,9,13,16,19,22,25-34,36,38-42H2,1-2H3,(H,61,66)/b7-5-,10-8+,12-11-,15-14-,18-17-,21-20-,24-23-,37-35+. The van der Waals surface area contributed by atoms with Gasteiger partial charge in [-0.05, 0) is 77.0 Å². The van der Waals surface area contributed by atoms with E-state index in [-0.39, 0.29) is 18.9 Å². The Morgan fingerprint density at radius 3 is 1.41 bits per heavy atom. The number of aliphatic hydroxyl groups excluding tert-OH is 11. The van der Waals surface area contributed by atoms with Crippen molar-refractivity contribution in [2.45, 2.75) is 247 Å². The van der Waals surface area contributed by atoms with Crippen LogP contribution in [-0.2, 0) is 33.2 Å². The highest BCUT2D eigenvalue weighted by Gasteiger charge is 2.53. The molecular weight excluding hydrogens is 1020 g/mol. The van der Waals surface area contributed by atoms with Crippen LogP contribution in [-0.4, -0.2) is 193 Å². The number of amides is 1. The molecule has 1 amide bonds. The number of ether oxygens (including phenoxy) is 6. The van der Waals surface area contributed by atoms with E-state index in [0.717, 1.165) is 103 Å². The highest BCUT2D eigenvalue weighted by atomic mass is 16.8. The Balaban J connectivity index is 1.41. The molecule has 0 aromatic rings. The third-order valence-electron chi connectivity index (χ3n) is 13.8. The van der Waals surface area contributed by atoms with Gasteiger partial charge in [0.15, 0.2) is 18.9 Å². The monoisotopic (exact) mass is 1120 g/mol. The number of rotatable bonds is 40. The first kappa shape index (κ1) is 70.0. The van der Waals surface area contributed by atoms with Gasteiger partial charge < -0.3 is 89.9 Å². The minimum Gasteiger partial charge on any atom is -0.394 e. The lowest BCUT2D eigenvalue weighted by Crippen LogP contribution is -2.66. The predicted molar refractivity (Wildman–Crippen MR) is 300 cm³/mol. The molecule has 0 saturated carbocycles. The molecule has 3 rings (SSSR count). The van der Waals surface area contributed by atoms with Crippen molar-refractivity contribution >= 4 is 5.91 Å². The summed E-state index contributed by atoms with van der Waals surface area (Å²) in [5.41, 5.74) is 0. The van der Waals surface area contributed by atoms with E-state index >= 15 is 0 Å². The van der Waals surface area contributed by atoms with Gasteiger partial charge in [-0.2, -0.15) is 0 Å². The van der Waals surface area contributed by atoms with E-state index in [0.29, 0.717) is 12.8 Å². The molecule has 3 aliphatic rings. The van der Waals surface area contributed by atoms with Crippen LogP contribution in [0.15, 0.2) is 97.2 Å². The lowest BCUT2D eigenvalue weighted by molar-refractivity contribution is -0.379. The minimum atomic E-state index is -1.98. The molecule has 452 valence electrons. The number of nitrogens with one attached hydrogen (secondary N) is 1. The average Bonchev–Trinajstić information content (AvgIpc) is 3.47. The Bertz CT molecular complexity index is 1820. The van der Waals surface area contributed by atoms with Crippen LogP contribution in [0, 0.1) is 0 Å². The summed E-state index contributed by atoms with van der Waals surface area (Å²) in [5, 5.41) is 120. The average molecular weight is 1120 g/mol. The topological polar surface area (TPSA) is 307 Å². The maximum absolute atomic E-state index is 13.2. The summed E-state index contributed by atoms with van der Waals surface area (Å²) in [6.07, 6.45) is 25.9. The van der Waals surface area contributed by atoms with Gasteiger partial charge in [0, 0.05) is 6.42 Å². The van der Waals surface area contributed by atoms with Crippen LogP contribution in [0.1, 0.15) is 142 Å². The van der Waals surface area contributed by atoms with Crippen LogP contribution >= 0.6 is 0 Å². The molecule has 17 atom stereocenters. The Hall–Kier alpha value is -3.29. The number of carbonyl (C=O) groups is 1. The zero-order valence-electron chi connectivity index (χ0n) is 46.8. The van der Waals surface area contributed by atoms with E-state index in [1.165, 1.54) is 6.42 Å². The van der Waals surface area contributed by atoms with E-state index in [4.69, 9.17) is 28.4 Å². The van der Waals surface area contributed by atoms with Gasteiger partial charge in [0.2, 0.25) is 5.91 Å². The molecule has 3 fully saturated rings.